The number of benzene rings is 1. The van der Waals surface area contributed by atoms with Crippen molar-refractivity contribution < 1.29 is 9.53 Å². The molecule has 0 fully saturated rings. The van der Waals surface area contributed by atoms with E-state index >= 15 is 0 Å². The lowest BCUT2D eigenvalue weighted by molar-refractivity contribution is 0.0605. The van der Waals surface area contributed by atoms with Gasteiger partial charge in [-0.1, -0.05) is 35.6 Å². The topological polar surface area (TPSA) is 51.2 Å². The molecule has 4 nitrogen and oxygen atoms in total. The molecule has 2 aromatic rings. The van der Waals surface area contributed by atoms with Gasteiger partial charge in [-0.05, 0) is 24.5 Å². The second-order valence-corrected chi connectivity index (χ2v) is 5.90. The summed E-state index contributed by atoms with van der Waals surface area (Å²) in [6.07, 6.45) is 1.11. The highest BCUT2D eigenvalue weighted by Gasteiger charge is 2.25. The van der Waals surface area contributed by atoms with Crippen LogP contribution in [-0.2, 0) is 11.2 Å². The fourth-order valence-corrected chi connectivity index (χ4v) is 3.40. The van der Waals surface area contributed by atoms with E-state index in [1.165, 1.54) is 29.6 Å². The summed E-state index contributed by atoms with van der Waals surface area (Å²) in [5.74, 6) is 0.221. The number of carbonyl (C=O) groups is 1. The highest BCUT2D eigenvalue weighted by molar-refractivity contribution is 7.17. The van der Waals surface area contributed by atoms with Crippen LogP contribution in [0.4, 0.5) is 5.13 Å². The van der Waals surface area contributed by atoms with Crippen LogP contribution in [0.3, 0.4) is 0 Å². The van der Waals surface area contributed by atoms with Crippen molar-refractivity contribution in [2.24, 2.45) is 0 Å². The van der Waals surface area contributed by atoms with Crippen LogP contribution in [0.2, 0.25) is 0 Å². The van der Waals surface area contributed by atoms with Gasteiger partial charge in [0.1, 0.15) is 4.88 Å². The molecule has 0 saturated heterocycles. The number of esters is 1. The highest BCUT2D eigenvalue weighted by atomic mass is 32.1. The Labute approximate surface area is 121 Å². The summed E-state index contributed by atoms with van der Waals surface area (Å²) in [5, 5.41) is 4.11. The maximum absolute atomic E-state index is 11.5. The number of hydrogen-bond donors (Lipinski definition) is 1. The monoisotopic (exact) mass is 288 g/mol. The Morgan fingerprint density at radius 3 is 3.05 bits per heavy atom. The van der Waals surface area contributed by atoms with Crippen LogP contribution < -0.4 is 5.32 Å². The van der Waals surface area contributed by atoms with Gasteiger partial charge >= 0.3 is 5.97 Å². The van der Waals surface area contributed by atoms with Gasteiger partial charge in [-0.3, -0.25) is 0 Å². The molecule has 1 unspecified atom stereocenters. The fourth-order valence-electron chi connectivity index (χ4n) is 2.51. The number of hydrogen-bond acceptors (Lipinski definition) is 5. The van der Waals surface area contributed by atoms with Gasteiger partial charge in [0, 0.05) is 12.5 Å². The van der Waals surface area contributed by atoms with Gasteiger partial charge in [-0.15, -0.1) is 0 Å². The Hall–Kier alpha value is -1.88. The zero-order valence-electron chi connectivity index (χ0n) is 11.5. The molecule has 5 heteroatoms. The minimum Gasteiger partial charge on any atom is -0.465 e. The predicted octanol–water partition coefficient (Wildman–Crippen LogP) is 2.99. The number of nitrogens with one attached hydrogen (secondary N) is 1. The van der Waals surface area contributed by atoms with Gasteiger partial charge in [-0.2, -0.15) is 0 Å². The maximum atomic E-state index is 11.5. The van der Waals surface area contributed by atoms with Crippen LogP contribution in [0.1, 0.15) is 32.4 Å². The second kappa shape index (κ2) is 5.25. The first-order valence-electron chi connectivity index (χ1n) is 6.56. The van der Waals surface area contributed by atoms with Crippen LogP contribution >= 0.6 is 11.3 Å². The highest BCUT2D eigenvalue weighted by Crippen LogP contribution is 2.35. The van der Waals surface area contributed by atoms with Crippen molar-refractivity contribution in [2.75, 3.05) is 19.0 Å². The number of nitrogens with zero attached hydrogens (tertiary/aromatic N) is 1. The average Bonchev–Trinajstić information content (AvgIpc) is 2.80. The van der Waals surface area contributed by atoms with Crippen LogP contribution in [0, 0.1) is 6.92 Å². The van der Waals surface area contributed by atoms with Crippen molar-refractivity contribution in [1.82, 2.24) is 4.98 Å². The maximum Gasteiger partial charge on any atom is 0.350 e. The summed E-state index contributed by atoms with van der Waals surface area (Å²) in [4.78, 5) is 16.5. The van der Waals surface area contributed by atoms with Crippen molar-refractivity contribution in [2.45, 2.75) is 19.3 Å². The quantitative estimate of drug-likeness (QED) is 0.879. The second-order valence-electron chi connectivity index (χ2n) is 4.91. The largest absolute Gasteiger partial charge is 0.465 e. The molecule has 1 heterocycles. The van der Waals surface area contributed by atoms with Gasteiger partial charge < -0.3 is 10.1 Å². The Kier molecular flexibility index (Phi) is 3.44. The molecule has 1 aromatic heterocycles. The molecule has 1 aliphatic carbocycles. The number of ether oxygens (including phenoxy) is 1. The molecule has 0 bridgehead atoms. The van der Waals surface area contributed by atoms with Crippen molar-refractivity contribution in [1.29, 1.82) is 0 Å². The standard InChI is InChI=1S/C15H16N2O2S/c1-9-13(14(18)19-2)20-15(17-9)16-8-11-7-10-5-3-4-6-12(10)11/h3-6,11H,7-8H2,1-2H3,(H,16,17). The number of methoxy groups -OCH3 is 1. The van der Waals surface area contributed by atoms with Gasteiger partial charge in [-0.25, -0.2) is 9.78 Å². The summed E-state index contributed by atoms with van der Waals surface area (Å²) in [5.41, 5.74) is 3.57. The van der Waals surface area contributed by atoms with Gasteiger partial charge in [0.05, 0.1) is 12.8 Å². The Morgan fingerprint density at radius 1 is 1.50 bits per heavy atom. The summed E-state index contributed by atoms with van der Waals surface area (Å²) in [6, 6.07) is 8.51. The molecule has 20 heavy (non-hydrogen) atoms. The molecular formula is C15H16N2O2S. The minimum absolute atomic E-state index is 0.318. The lowest BCUT2D eigenvalue weighted by Crippen LogP contribution is -2.24. The van der Waals surface area contributed by atoms with Crippen molar-refractivity contribution in [3.63, 3.8) is 0 Å². The van der Waals surface area contributed by atoms with Crippen LogP contribution in [0.25, 0.3) is 0 Å². The van der Waals surface area contributed by atoms with E-state index in [0.717, 1.165) is 23.8 Å². The van der Waals surface area contributed by atoms with E-state index in [-0.39, 0.29) is 5.97 Å². The summed E-state index contributed by atoms with van der Waals surface area (Å²) in [7, 11) is 1.39. The lowest BCUT2D eigenvalue weighted by Gasteiger charge is -2.30. The zero-order chi connectivity index (χ0) is 14.1. The Balaban J connectivity index is 1.64. The smallest absolute Gasteiger partial charge is 0.350 e. The normalized spacial score (nSPS) is 16.2. The van der Waals surface area contributed by atoms with E-state index in [0.29, 0.717) is 10.8 Å². The van der Waals surface area contributed by atoms with E-state index in [1.807, 2.05) is 6.92 Å². The van der Waals surface area contributed by atoms with Crippen molar-refractivity contribution in [3.8, 4) is 0 Å². The van der Waals surface area contributed by atoms with Crippen molar-refractivity contribution in [3.05, 3.63) is 46.0 Å². The molecule has 104 valence electrons. The molecule has 1 N–H and O–H groups in total. The number of aromatic nitrogens is 1. The van der Waals surface area contributed by atoms with Gasteiger partial charge in [0.25, 0.3) is 0 Å². The molecule has 1 aromatic carbocycles. The van der Waals surface area contributed by atoms with E-state index in [4.69, 9.17) is 4.74 Å². The number of carbonyl (C=O) groups excluding carboxylic acids is 1. The lowest BCUT2D eigenvalue weighted by atomic mass is 9.78. The fraction of sp³-hybridized carbons (Fsp3) is 0.333. The molecular weight excluding hydrogens is 272 g/mol. The SMILES string of the molecule is COC(=O)c1sc(NCC2Cc3ccccc32)nc1C. The first-order valence-corrected chi connectivity index (χ1v) is 7.38. The molecule has 0 saturated carbocycles. The van der Waals surface area contributed by atoms with E-state index in [2.05, 4.69) is 34.6 Å². The summed E-state index contributed by atoms with van der Waals surface area (Å²) in [6.45, 7) is 2.68. The van der Waals surface area contributed by atoms with Crippen LogP contribution in [-0.4, -0.2) is 24.6 Å². The summed E-state index contributed by atoms with van der Waals surface area (Å²) < 4.78 is 4.74. The minimum atomic E-state index is -0.318. The number of fused-ring (bicyclic) bond motifs is 1. The van der Waals surface area contributed by atoms with Crippen LogP contribution in [0.15, 0.2) is 24.3 Å². The molecule has 1 aliphatic rings. The number of anilines is 1. The molecule has 0 spiro atoms. The van der Waals surface area contributed by atoms with E-state index in [9.17, 15) is 4.79 Å². The van der Waals surface area contributed by atoms with Crippen LogP contribution in [0.5, 0.6) is 0 Å². The molecule has 0 amide bonds. The third-order valence-electron chi connectivity index (χ3n) is 3.63. The van der Waals surface area contributed by atoms with E-state index in [1.54, 1.807) is 0 Å². The summed E-state index contributed by atoms with van der Waals surface area (Å²) >= 11 is 1.35. The number of rotatable bonds is 4. The first-order chi connectivity index (χ1) is 9.69. The predicted molar refractivity (Wildman–Crippen MR) is 79.6 cm³/mol. The first kappa shape index (κ1) is 13.1. The Bertz CT molecular complexity index is 651. The number of aryl methyl sites for hydroxylation is 1. The molecule has 3 rings (SSSR count). The third-order valence-corrected chi connectivity index (χ3v) is 4.72. The molecule has 1 atom stereocenters. The van der Waals surface area contributed by atoms with Crippen molar-refractivity contribution >= 4 is 22.4 Å². The average molecular weight is 288 g/mol. The zero-order valence-corrected chi connectivity index (χ0v) is 12.3. The van der Waals surface area contributed by atoms with E-state index < -0.39 is 0 Å². The Morgan fingerprint density at radius 2 is 2.30 bits per heavy atom. The van der Waals surface area contributed by atoms with Gasteiger partial charge in [0.15, 0.2) is 5.13 Å². The molecule has 0 aliphatic heterocycles. The number of thiazole rings is 1. The molecule has 0 radical (unpaired) electrons. The third kappa shape index (κ3) is 2.29. The van der Waals surface area contributed by atoms with Gasteiger partial charge in [0.2, 0.25) is 0 Å².